The molecule has 7 heteroatoms. The molecule has 0 radical (unpaired) electrons. The molecule has 0 spiro atoms. The lowest BCUT2D eigenvalue weighted by Crippen LogP contribution is -2.38. The number of nitrogens with zero attached hydrogens (tertiary/aromatic N) is 4. The van der Waals surface area contributed by atoms with Crippen LogP contribution in [0.2, 0.25) is 0 Å². The van der Waals surface area contributed by atoms with E-state index in [1.807, 2.05) is 50.2 Å². The van der Waals surface area contributed by atoms with E-state index >= 15 is 0 Å². The number of para-hydroxylation sites is 2. The molecule has 7 nitrogen and oxygen atoms in total. The summed E-state index contributed by atoms with van der Waals surface area (Å²) < 4.78 is 1.76. The van der Waals surface area contributed by atoms with E-state index in [9.17, 15) is 9.59 Å². The summed E-state index contributed by atoms with van der Waals surface area (Å²) in [6.07, 6.45) is 3.18. The fourth-order valence-electron chi connectivity index (χ4n) is 3.25. The molecule has 2 aromatic carbocycles. The van der Waals surface area contributed by atoms with Gasteiger partial charge in [0.15, 0.2) is 0 Å². The Kier molecular flexibility index (Phi) is 4.95. The fraction of sp³-hybridized carbons (Fsp3) is 0.182. The molecule has 0 atom stereocenters. The molecule has 0 bridgehead atoms. The summed E-state index contributed by atoms with van der Waals surface area (Å²) in [5, 5.41) is 0.529. The summed E-state index contributed by atoms with van der Waals surface area (Å²) in [5.74, 6) is 0.263. The second-order valence-corrected chi connectivity index (χ2v) is 7.04. The number of carbonyl (C=O) groups is 1. The Bertz CT molecular complexity index is 1210. The van der Waals surface area contributed by atoms with E-state index in [1.165, 1.54) is 0 Å². The zero-order valence-electron chi connectivity index (χ0n) is 16.2. The van der Waals surface area contributed by atoms with Crippen molar-refractivity contribution >= 4 is 16.8 Å². The van der Waals surface area contributed by atoms with Gasteiger partial charge >= 0.3 is 0 Å². The van der Waals surface area contributed by atoms with Gasteiger partial charge in [0.2, 0.25) is 0 Å². The Hall–Kier alpha value is -3.74. The third kappa shape index (κ3) is 3.67. The quantitative estimate of drug-likeness (QED) is 0.570. The van der Waals surface area contributed by atoms with Crippen LogP contribution in [-0.2, 0) is 6.54 Å². The minimum atomic E-state index is -0.212. The Morgan fingerprint density at radius 1 is 1.10 bits per heavy atom. The lowest BCUT2D eigenvalue weighted by Gasteiger charge is -2.26. The summed E-state index contributed by atoms with van der Waals surface area (Å²) in [5.41, 5.74) is 1.70. The molecular formula is C22H21N5O2. The van der Waals surface area contributed by atoms with Crippen LogP contribution >= 0.6 is 0 Å². The van der Waals surface area contributed by atoms with E-state index < -0.39 is 0 Å². The molecule has 0 aliphatic heterocycles. The molecule has 0 unspecified atom stereocenters. The molecule has 4 rings (SSSR count). The first-order valence-electron chi connectivity index (χ1n) is 9.41. The molecule has 29 heavy (non-hydrogen) atoms. The summed E-state index contributed by atoms with van der Waals surface area (Å²) >= 11 is 0. The van der Waals surface area contributed by atoms with Gasteiger partial charge in [0, 0.05) is 11.7 Å². The lowest BCUT2D eigenvalue weighted by atomic mass is 10.2. The van der Waals surface area contributed by atoms with Crippen molar-refractivity contribution in [3.8, 4) is 5.69 Å². The molecule has 0 saturated heterocycles. The standard InChI is InChI=1S/C22H21N5O2/c1-15(2)26(13-20-24-18-11-7-6-10-17(18)21(28)25-20)22(29)19-12-23-14-27(19)16-8-4-3-5-9-16/h3-12,14-15H,13H2,1-2H3,(H,24,25,28). The highest BCUT2D eigenvalue weighted by molar-refractivity contribution is 5.93. The number of carbonyl (C=O) groups excluding carboxylic acids is 1. The van der Waals surface area contributed by atoms with Crippen molar-refractivity contribution in [2.75, 3.05) is 0 Å². The van der Waals surface area contributed by atoms with Gasteiger partial charge in [0.05, 0.1) is 30.0 Å². The Labute approximate surface area is 167 Å². The largest absolute Gasteiger partial charge is 0.327 e. The number of imidazole rings is 1. The molecule has 0 fully saturated rings. The fourth-order valence-corrected chi connectivity index (χ4v) is 3.25. The Morgan fingerprint density at radius 2 is 1.83 bits per heavy atom. The summed E-state index contributed by atoms with van der Waals surface area (Å²) in [6.45, 7) is 4.05. The van der Waals surface area contributed by atoms with Gasteiger partial charge in [0.1, 0.15) is 11.5 Å². The maximum Gasteiger partial charge on any atom is 0.273 e. The molecule has 1 N–H and O–H groups in total. The highest BCUT2D eigenvalue weighted by Crippen LogP contribution is 2.16. The van der Waals surface area contributed by atoms with Crippen LogP contribution in [0.3, 0.4) is 0 Å². The van der Waals surface area contributed by atoms with Crippen LogP contribution in [0.1, 0.15) is 30.2 Å². The van der Waals surface area contributed by atoms with Crippen LogP contribution in [0.4, 0.5) is 0 Å². The molecule has 0 aliphatic rings. The van der Waals surface area contributed by atoms with E-state index in [-0.39, 0.29) is 24.1 Å². The zero-order chi connectivity index (χ0) is 20.4. The number of hydrogen-bond acceptors (Lipinski definition) is 4. The van der Waals surface area contributed by atoms with Crippen LogP contribution in [0, 0.1) is 0 Å². The van der Waals surface area contributed by atoms with E-state index in [1.54, 1.807) is 40.2 Å². The first-order valence-corrected chi connectivity index (χ1v) is 9.41. The van der Waals surface area contributed by atoms with Gasteiger partial charge in [-0.15, -0.1) is 0 Å². The monoisotopic (exact) mass is 387 g/mol. The smallest absolute Gasteiger partial charge is 0.273 e. The normalized spacial score (nSPS) is 11.1. The predicted octanol–water partition coefficient (Wildman–Crippen LogP) is 3.16. The van der Waals surface area contributed by atoms with Crippen molar-refractivity contribution in [1.82, 2.24) is 24.4 Å². The average molecular weight is 387 g/mol. The van der Waals surface area contributed by atoms with Crippen LogP contribution in [-0.4, -0.2) is 36.4 Å². The van der Waals surface area contributed by atoms with E-state index in [4.69, 9.17) is 0 Å². The summed E-state index contributed by atoms with van der Waals surface area (Å²) in [6, 6.07) is 16.6. The van der Waals surface area contributed by atoms with Gasteiger partial charge in [-0.2, -0.15) is 0 Å². The van der Waals surface area contributed by atoms with E-state index in [0.29, 0.717) is 22.4 Å². The highest BCUT2D eigenvalue weighted by atomic mass is 16.2. The number of fused-ring (bicyclic) bond motifs is 1. The zero-order valence-corrected chi connectivity index (χ0v) is 16.2. The van der Waals surface area contributed by atoms with Crippen molar-refractivity contribution in [2.24, 2.45) is 0 Å². The molecule has 2 aromatic heterocycles. The number of amides is 1. The van der Waals surface area contributed by atoms with Gasteiger partial charge in [-0.1, -0.05) is 30.3 Å². The first kappa shape index (κ1) is 18.6. The minimum absolute atomic E-state index is 0.0987. The SMILES string of the molecule is CC(C)N(Cc1nc2ccccc2c(=O)[nH]1)C(=O)c1cncn1-c1ccccc1. The summed E-state index contributed by atoms with van der Waals surface area (Å²) in [7, 11) is 0. The predicted molar refractivity (Wildman–Crippen MR) is 111 cm³/mol. The van der Waals surface area contributed by atoms with Gasteiger partial charge in [-0.3, -0.25) is 14.2 Å². The lowest BCUT2D eigenvalue weighted by molar-refractivity contribution is 0.0676. The maximum absolute atomic E-state index is 13.3. The number of H-pyrrole nitrogens is 1. The van der Waals surface area contributed by atoms with Crippen molar-refractivity contribution in [3.63, 3.8) is 0 Å². The van der Waals surface area contributed by atoms with E-state index in [2.05, 4.69) is 15.0 Å². The van der Waals surface area contributed by atoms with Crippen molar-refractivity contribution in [1.29, 1.82) is 0 Å². The van der Waals surface area contributed by atoms with Crippen LogP contribution in [0.15, 0.2) is 71.9 Å². The second kappa shape index (κ2) is 7.71. The third-order valence-corrected chi connectivity index (χ3v) is 4.76. The molecule has 1 amide bonds. The first-order chi connectivity index (χ1) is 14.0. The number of aromatic nitrogens is 4. The number of benzene rings is 2. The number of nitrogens with one attached hydrogen (secondary N) is 1. The number of rotatable bonds is 5. The van der Waals surface area contributed by atoms with Crippen LogP contribution in [0.5, 0.6) is 0 Å². The topological polar surface area (TPSA) is 83.9 Å². The van der Waals surface area contributed by atoms with Gasteiger partial charge in [-0.25, -0.2) is 9.97 Å². The van der Waals surface area contributed by atoms with Gasteiger partial charge in [-0.05, 0) is 38.1 Å². The molecule has 0 saturated carbocycles. The average Bonchev–Trinajstić information content (AvgIpc) is 3.22. The Balaban J connectivity index is 1.68. The summed E-state index contributed by atoms with van der Waals surface area (Å²) in [4.78, 5) is 38.9. The molecule has 0 aliphatic carbocycles. The molecule has 4 aromatic rings. The van der Waals surface area contributed by atoms with E-state index in [0.717, 1.165) is 5.69 Å². The molecular weight excluding hydrogens is 366 g/mol. The second-order valence-electron chi connectivity index (χ2n) is 7.04. The minimum Gasteiger partial charge on any atom is -0.327 e. The van der Waals surface area contributed by atoms with Gasteiger partial charge in [0.25, 0.3) is 11.5 Å². The van der Waals surface area contributed by atoms with Crippen LogP contribution in [0.25, 0.3) is 16.6 Å². The number of hydrogen-bond donors (Lipinski definition) is 1. The maximum atomic E-state index is 13.3. The van der Waals surface area contributed by atoms with Crippen LogP contribution < -0.4 is 5.56 Å². The number of aromatic amines is 1. The van der Waals surface area contributed by atoms with Crippen molar-refractivity contribution in [3.05, 3.63) is 89.0 Å². The third-order valence-electron chi connectivity index (χ3n) is 4.76. The van der Waals surface area contributed by atoms with Crippen molar-refractivity contribution in [2.45, 2.75) is 26.4 Å². The molecule has 2 heterocycles. The highest BCUT2D eigenvalue weighted by Gasteiger charge is 2.24. The van der Waals surface area contributed by atoms with Crippen molar-refractivity contribution < 1.29 is 4.79 Å². The molecule has 146 valence electrons. The Morgan fingerprint density at radius 3 is 2.59 bits per heavy atom. The van der Waals surface area contributed by atoms with Gasteiger partial charge < -0.3 is 9.88 Å².